The van der Waals surface area contributed by atoms with Crippen LogP contribution in [-0.2, 0) is 9.59 Å². The zero-order chi connectivity index (χ0) is 14.1. The minimum Gasteiger partial charge on any atom is -0.481 e. The number of amides is 1. The van der Waals surface area contributed by atoms with Crippen LogP contribution in [-0.4, -0.2) is 34.5 Å². The fourth-order valence-electron chi connectivity index (χ4n) is 4.66. The van der Waals surface area contributed by atoms with E-state index in [9.17, 15) is 14.7 Å². The van der Waals surface area contributed by atoms with Crippen LogP contribution in [0.1, 0.15) is 57.8 Å². The van der Waals surface area contributed by atoms with E-state index in [1.807, 2.05) is 0 Å². The SMILES string of the molecule is O=C(O)C1CCCC1C(=O)N1CCCC2CCCCC21. The summed E-state index contributed by atoms with van der Waals surface area (Å²) < 4.78 is 0. The summed E-state index contributed by atoms with van der Waals surface area (Å²) in [5.41, 5.74) is 0. The molecule has 2 saturated carbocycles. The molecule has 1 saturated heterocycles. The van der Waals surface area contributed by atoms with Gasteiger partial charge in [-0.2, -0.15) is 0 Å². The minimum absolute atomic E-state index is 0.145. The summed E-state index contributed by atoms with van der Waals surface area (Å²) >= 11 is 0. The molecule has 1 aliphatic heterocycles. The molecule has 112 valence electrons. The van der Waals surface area contributed by atoms with Gasteiger partial charge in [-0.25, -0.2) is 0 Å². The number of carboxylic acids is 1. The van der Waals surface area contributed by atoms with Gasteiger partial charge in [-0.15, -0.1) is 0 Å². The third-order valence-electron chi connectivity index (χ3n) is 5.68. The van der Waals surface area contributed by atoms with Gasteiger partial charge in [-0.3, -0.25) is 9.59 Å². The van der Waals surface area contributed by atoms with Gasteiger partial charge in [0.1, 0.15) is 0 Å². The molecule has 0 spiro atoms. The van der Waals surface area contributed by atoms with E-state index in [2.05, 4.69) is 4.90 Å². The topological polar surface area (TPSA) is 57.6 Å². The van der Waals surface area contributed by atoms with Crippen LogP contribution in [0.4, 0.5) is 0 Å². The normalized spacial score (nSPS) is 37.5. The van der Waals surface area contributed by atoms with Crippen molar-refractivity contribution in [2.45, 2.75) is 63.8 Å². The number of nitrogens with zero attached hydrogens (tertiary/aromatic N) is 1. The number of fused-ring (bicyclic) bond motifs is 1. The molecule has 4 atom stereocenters. The number of carboxylic acid groups (broad SMARTS) is 1. The van der Waals surface area contributed by atoms with Crippen LogP contribution in [0.15, 0.2) is 0 Å². The Bertz CT molecular complexity index is 393. The van der Waals surface area contributed by atoms with E-state index in [4.69, 9.17) is 0 Å². The molecular weight excluding hydrogens is 254 g/mol. The molecule has 4 nitrogen and oxygen atoms in total. The lowest BCUT2D eigenvalue weighted by molar-refractivity contribution is -0.152. The number of rotatable bonds is 2. The van der Waals surface area contributed by atoms with Gasteiger partial charge in [0.15, 0.2) is 0 Å². The Hall–Kier alpha value is -1.06. The lowest BCUT2D eigenvalue weighted by Crippen LogP contribution is -2.52. The third-order valence-corrected chi connectivity index (χ3v) is 5.68. The van der Waals surface area contributed by atoms with Gasteiger partial charge in [0, 0.05) is 12.6 Å². The lowest BCUT2D eigenvalue weighted by Gasteiger charge is -2.45. The molecule has 0 bridgehead atoms. The molecule has 0 aromatic carbocycles. The van der Waals surface area contributed by atoms with Crippen molar-refractivity contribution in [3.63, 3.8) is 0 Å². The van der Waals surface area contributed by atoms with Gasteiger partial charge in [-0.1, -0.05) is 19.3 Å². The van der Waals surface area contributed by atoms with Crippen molar-refractivity contribution >= 4 is 11.9 Å². The van der Waals surface area contributed by atoms with E-state index in [1.54, 1.807) is 0 Å². The van der Waals surface area contributed by atoms with Gasteiger partial charge in [0.05, 0.1) is 11.8 Å². The molecule has 3 aliphatic rings. The van der Waals surface area contributed by atoms with Gasteiger partial charge < -0.3 is 10.0 Å². The van der Waals surface area contributed by atoms with Crippen molar-refractivity contribution in [2.24, 2.45) is 17.8 Å². The molecule has 1 heterocycles. The quantitative estimate of drug-likeness (QED) is 0.845. The highest BCUT2D eigenvalue weighted by atomic mass is 16.4. The van der Waals surface area contributed by atoms with Crippen LogP contribution in [0, 0.1) is 17.8 Å². The number of carbonyl (C=O) groups excluding carboxylic acids is 1. The van der Waals surface area contributed by atoms with Crippen molar-refractivity contribution in [1.29, 1.82) is 0 Å². The molecule has 4 heteroatoms. The number of piperidine rings is 1. The predicted molar refractivity (Wildman–Crippen MR) is 75.2 cm³/mol. The summed E-state index contributed by atoms with van der Waals surface area (Å²) in [7, 11) is 0. The second kappa shape index (κ2) is 5.74. The summed E-state index contributed by atoms with van der Waals surface area (Å²) in [5.74, 6) is -0.657. The first-order chi connectivity index (χ1) is 9.68. The van der Waals surface area contributed by atoms with Crippen molar-refractivity contribution in [3.8, 4) is 0 Å². The number of hydrogen-bond acceptors (Lipinski definition) is 2. The number of hydrogen-bond donors (Lipinski definition) is 1. The van der Waals surface area contributed by atoms with E-state index in [1.165, 1.54) is 25.7 Å². The number of carbonyl (C=O) groups is 2. The molecule has 2 aliphatic carbocycles. The van der Waals surface area contributed by atoms with E-state index in [0.717, 1.165) is 32.2 Å². The largest absolute Gasteiger partial charge is 0.481 e. The maximum Gasteiger partial charge on any atom is 0.307 e. The molecule has 20 heavy (non-hydrogen) atoms. The fourth-order valence-corrected chi connectivity index (χ4v) is 4.66. The fraction of sp³-hybridized carbons (Fsp3) is 0.875. The summed E-state index contributed by atoms with van der Waals surface area (Å²) in [6, 6.07) is 0.403. The smallest absolute Gasteiger partial charge is 0.307 e. The minimum atomic E-state index is -0.780. The van der Waals surface area contributed by atoms with Gasteiger partial charge in [0.25, 0.3) is 0 Å². The zero-order valence-corrected chi connectivity index (χ0v) is 12.1. The van der Waals surface area contributed by atoms with Crippen LogP contribution < -0.4 is 0 Å². The Balaban J connectivity index is 1.73. The zero-order valence-electron chi connectivity index (χ0n) is 12.1. The maximum absolute atomic E-state index is 12.8. The Morgan fingerprint density at radius 3 is 2.35 bits per heavy atom. The summed E-state index contributed by atoms with van der Waals surface area (Å²) in [6.07, 6.45) is 9.57. The summed E-state index contributed by atoms with van der Waals surface area (Å²) in [6.45, 7) is 0.850. The Morgan fingerprint density at radius 2 is 1.55 bits per heavy atom. The first-order valence-corrected chi connectivity index (χ1v) is 8.22. The highest BCUT2D eigenvalue weighted by Gasteiger charge is 2.43. The first-order valence-electron chi connectivity index (χ1n) is 8.22. The van der Waals surface area contributed by atoms with Crippen molar-refractivity contribution in [3.05, 3.63) is 0 Å². The van der Waals surface area contributed by atoms with E-state index in [0.29, 0.717) is 18.4 Å². The molecule has 0 aromatic heterocycles. The van der Waals surface area contributed by atoms with Crippen LogP contribution >= 0.6 is 0 Å². The Morgan fingerprint density at radius 1 is 0.850 bits per heavy atom. The predicted octanol–water partition coefficient (Wildman–Crippen LogP) is 2.67. The maximum atomic E-state index is 12.8. The second-order valence-electron chi connectivity index (χ2n) is 6.77. The van der Waals surface area contributed by atoms with E-state index < -0.39 is 11.9 Å². The van der Waals surface area contributed by atoms with Crippen LogP contribution in [0.2, 0.25) is 0 Å². The highest BCUT2D eigenvalue weighted by Crippen LogP contribution is 2.39. The second-order valence-corrected chi connectivity index (χ2v) is 6.77. The number of likely N-dealkylation sites (tertiary alicyclic amines) is 1. The molecule has 4 unspecified atom stereocenters. The third kappa shape index (κ3) is 2.45. The van der Waals surface area contributed by atoms with E-state index in [-0.39, 0.29) is 11.8 Å². The van der Waals surface area contributed by atoms with Crippen molar-refractivity contribution in [1.82, 2.24) is 4.90 Å². The molecule has 3 fully saturated rings. The van der Waals surface area contributed by atoms with Crippen LogP contribution in [0.5, 0.6) is 0 Å². The van der Waals surface area contributed by atoms with E-state index >= 15 is 0 Å². The van der Waals surface area contributed by atoms with Gasteiger partial charge >= 0.3 is 5.97 Å². The number of aliphatic carboxylic acids is 1. The Labute approximate surface area is 120 Å². The molecule has 0 aromatic rings. The standard InChI is InChI=1S/C16H25NO3/c18-15(12-7-3-8-13(12)16(19)20)17-10-4-6-11-5-1-2-9-14(11)17/h11-14H,1-10H2,(H,19,20). The molecule has 0 radical (unpaired) electrons. The summed E-state index contributed by atoms with van der Waals surface area (Å²) in [4.78, 5) is 26.2. The molecule has 3 rings (SSSR count). The van der Waals surface area contributed by atoms with Gasteiger partial charge in [0.2, 0.25) is 5.91 Å². The Kier molecular flexibility index (Phi) is 3.99. The molecular formula is C16H25NO3. The average molecular weight is 279 g/mol. The van der Waals surface area contributed by atoms with Gasteiger partial charge in [-0.05, 0) is 44.4 Å². The van der Waals surface area contributed by atoms with Crippen molar-refractivity contribution in [2.75, 3.05) is 6.54 Å². The first kappa shape index (κ1) is 13.9. The van der Waals surface area contributed by atoms with Crippen molar-refractivity contribution < 1.29 is 14.7 Å². The monoisotopic (exact) mass is 279 g/mol. The highest BCUT2D eigenvalue weighted by molar-refractivity contribution is 5.85. The van der Waals surface area contributed by atoms with Crippen LogP contribution in [0.3, 0.4) is 0 Å². The summed E-state index contributed by atoms with van der Waals surface area (Å²) in [5, 5.41) is 9.29. The average Bonchev–Trinajstić information content (AvgIpc) is 2.95. The van der Waals surface area contributed by atoms with Crippen LogP contribution in [0.25, 0.3) is 0 Å². The lowest BCUT2D eigenvalue weighted by atomic mass is 9.77. The molecule has 1 amide bonds. The molecule has 1 N–H and O–H groups in total.